The van der Waals surface area contributed by atoms with Crippen molar-refractivity contribution in [3.05, 3.63) is 82.6 Å². The third-order valence-corrected chi connectivity index (χ3v) is 7.51. The second-order valence-corrected chi connectivity index (χ2v) is 10.7. The van der Waals surface area contributed by atoms with E-state index in [1.54, 1.807) is 24.3 Å². The van der Waals surface area contributed by atoms with E-state index in [1.165, 1.54) is 4.90 Å². The number of likely N-dealkylation sites (tertiary alicyclic amines) is 1. The molecule has 206 valence electrons. The molecule has 40 heavy (non-hydrogen) atoms. The molecule has 1 saturated carbocycles. The van der Waals surface area contributed by atoms with Gasteiger partial charge in [-0.2, -0.15) is 4.99 Å². The molecule has 3 aromatic rings. The van der Waals surface area contributed by atoms with Crippen LogP contribution < -0.4 is 10.6 Å². The second kappa shape index (κ2) is 12.0. The van der Waals surface area contributed by atoms with Crippen molar-refractivity contribution >= 4 is 46.9 Å². The van der Waals surface area contributed by atoms with E-state index in [-0.39, 0.29) is 42.0 Å². The van der Waals surface area contributed by atoms with Crippen molar-refractivity contribution in [2.75, 3.05) is 5.32 Å². The standard InChI is InChI=1S/C30H31ClN6O3/c1-18-15-19(2)33-29(32-18)36-30(34-22-12-8-11-21(31)17-22)35-26(38)25(16-20-9-4-3-5-10-20)37-27(39)23-13-6-7-14-24(23)28(37)40/h3-5,8-12,15,17,23-25H,6-7,13-14,16H2,1-2H3,(H2,32,33,34,35,36,38)/t23-,24-,25+/m0/s1. The molecule has 3 amide bonds. The van der Waals surface area contributed by atoms with Crippen molar-refractivity contribution in [1.82, 2.24) is 20.2 Å². The molecule has 0 unspecified atom stereocenters. The summed E-state index contributed by atoms with van der Waals surface area (Å²) in [6.07, 6.45) is 3.31. The van der Waals surface area contributed by atoms with Crippen molar-refractivity contribution in [2.45, 2.75) is 52.0 Å². The molecule has 2 aromatic carbocycles. The van der Waals surface area contributed by atoms with Crippen molar-refractivity contribution < 1.29 is 14.4 Å². The summed E-state index contributed by atoms with van der Waals surface area (Å²) >= 11 is 6.18. The number of aryl methyl sites for hydroxylation is 2. The molecule has 2 heterocycles. The van der Waals surface area contributed by atoms with Crippen LogP contribution in [0.15, 0.2) is 65.7 Å². The predicted molar refractivity (Wildman–Crippen MR) is 153 cm³/mol. The van der Waals surface area contributed by atoms with E-state index in [0.29, 0.717) is 23.6 Å². The summed E-state index contributed by atoms with van der Waals surface area (Å²) in [6, 6.07) is 17.1. The average Bonchev–Trinajstić information content (AvgIpc) is 3.17. The molecule has 3 atom stereocenters. The molecule has 0 bridgehead atoms. The minimum Gasteiger partial charge on any atom is -0.326 e. The number of hydrogen-bond acceptors (Lipinski definition) is 6. The number of aliphatic imine (C=N–C) groups is 1. The number of fused-ring (bicyclic) bond motifs is 1. The maximum atomic E-state index is 14.0. The van der Waals surface area contributed by atoms with Crippen LogP contribution in [0.1, 0.15) is 42.6 Å². The number of amides is 3. The first-order valence-electron chi connectivity index (χ1n) is 13.4. The molecule has 0 spiro atoms. The Morgan fingerprint density at radius 1 is 0.975 bits per heavy atom. The van der Waals surface area contributed by atoms with E-state index in [1.807, 2.05) is 50.2 Å². The van der Waals surface area contributed by atoms with Crippen molar-refractivity contribution in [3.8, 4) is 0 Å². The van der Waals surface area contributed by atoms with E-state index in [9.17, 15) is 14.4 Å². The van der Waals surface area contributed by atoms with Gasteiger partial charge in [-0.1, -0.05) is 60.8 Å². The van der Waals surface area contributed by atoms with Crippen LogP contribution in [0.2, 0.25) is 5.02 Å². The number of carbonyl (C=O) groups excluding carboxylic acids is 3. The topological polar surface area (TPSA) is 117 Å². The van der Waals surface area contributed by atoms with E-state index >= 15 is 0 Å². The number of halogens is 1. The summed E-state index contributed by atoms with van der Waals surface area (Å²) in [5, 5.41) is 6.40. The minimum atomic E-state index is -1.06. The fourth-order valence-electron chi connectivity index (χ4n) is 5.48. The molecular weight excluding hydrogens is 528 g/mol. The fourth-order valence-corrected chi connectivity index (χ4v) is 5.67. The quantitative estimate of drug-likeness (QED) is 0.256. The van der Waals surface area contributed by atoms with Gasteiger partial charge in [-0.05, 0) is 56.5 Å². The molecule has 2 N–H and O–H groups in total. The molecule has 1 saturated heterocycles. The highest BCUT2D eigenvalue weighted by molar-refractivity contribution is 6.31. The van der Waals surface area contributed by atoms with Crippen molar-refractivity contribution in [2.24, 2.45) is 16.8 Å². The Morgan fingerprint density at radius 3 is 2.25 bits per heavy atom. The number of rotatable bonds is 6. The molecule has 9 nitrogen and oxygen atoms in total. The van der Waals surface area contributed by atoms with Gasteiger partial charge in [-0.3, -0.25) is 24.6 Å². The zero-order valence-corrected chi connectivity index (χ0v) is 23.2. The summed E-state index contributed by atoms with van der Waals surface area (Å²) in [5.74, 6) is -1.62. The summed E-state index contributed by atoms with van der Waals surface area (Å²) in [6.45, 7) is 3.66. The smallest absolute Gasteiger partial charge is 0.253 e. The third-order valence-electron chi connectivity index (χ3n) is 7.27. The number of guanidine groups is 1. The Balaban J connectivity index is 1.49. The van der Waals surface area contributed by atoms with Crippen LogP contribution in [0.25, 0.3) is 0 Å². The lowest BCUT2D eigenvalue weighted by Gasteiger charge is -2.26. The number of hydrogen-bond donors (Lipinski definition) is 2. The zero-order chi connectivity index (χ0) is 28.2. The first kappa shape index (κ1) is 27.5. The summed E-state index contributed by atoms with van der Waals surface area (Å²) in [5.41, 5.74) is 2.85. The number of imide groups is 1. The summed E-state index contributed by atoms with van der Waals surface area (Å²) in [4.78, 5) is 55.4. The Morgan fingerprint density at radius 2 is 1.62 bits per heavy atom. The highest BCUT2D eigenvalue weighted by Gasteiger charge is 2.51. The molecule has 5 rings (SSSR count). The summed E-state index contributed by atoms with van der Waals surface area (Å²) in [7, 11) is 0. The maximum Gasteiger partial charge on any atom is 0.253 e. The molecule has 1 aromatic heterocycles. The Kier molecular flexibility index (Phi) is 8.21. The number of anilines is 1. The first-order chi connectivity index (χ1) is 19.3. The van der Waals surface area contributed by atoms with Gasteiger partial charge in [0.2, 0.25) is 23.7 Å². The van der Waals surface area contributed by atoms with Gasteiger partial charge in [0.05, 0.1) is 11.8 Å². The van der Waals surface area contributed by atoms with Crippen LogP contribution >= 0.6 is 11.6 Å². The summed E-state index contributed by atoms with van der Waals surface area (Å²) < 4.78 is 0. The largest absolute Gasteiger partial charge is 0.326 e. The van der Waals surface area contributed by atoms with Gasteiger partial charge in [0.1, 0.15) is 6.04 Å². The monoisotopic (exact) mass is 558 g/mol. The lowest BCUT2D eigenvalue weighted by atomic mass is 9.81. The Bertz CT molecular complexity index is 1420. The fraction of sp³-hybridized carbons (Fsp3) is 0.333. The van der Waals surface area contributed by atoms with Gasteiger partial charge < -0.3 is 5.32 Å². The molecule has 1 aliphatic heterocycles. The highest BCUT2D eigenvalue weighted by atomic mass is 35.5. The predicted octanol–water partition coefficient (Wildman–Crippen LogP) is 4.75. The van der Waals surface area contributed by atoms with Gasteiger partial charge in [-0.15, -0.1) is 0 Å². The van der Waals surface area contributed by atoms with Crippen LogP contribution in [0, 0.1) is 25.7 Å². The highest BCUT2D eigenvalue weighted by Crippen LogP contribution is 2.39. The third kappa shape index (κ3) is 6.20. The first-order valence-corrected chi connectivity index (χ1v) is 13.8. The lowest BCUT2D eigenvalue weighted by Crippen LogP contribution is -2.53. The Hall–Kier alpha value is -4.11. The molecule has 2 aliphatic rings. The van der Waals surface area contributed by atoms with E-state index < -0.39 is 11.9 Å². The van der Waals surface area contributed by atoms with E-state index in [4.69, 9.17) is 11.6 Å². The number of carbonyl (C=O) groups is 3. The van der Waals surface area contributed by atoms with Gasteiger partial charge in [-0.25, -0.2) is 9.97 Å². The molecule has 2 fully saturated rings. The number of nitrogens with zero attached hydrogens (tertiary/aromatic N) is 4. The van der Waals surface area contributed by atoms with Crippen LogP contribution in [-0.4, -0.2) is 44.6 Å². The normalized spacial score (nSPS) is 19.8. The van der Waals surface area contributed by atoms with Crippen LogP contribution in [0.5, 0.6) is 0 Å². The van der Waals surface area contributed by atoms with Gasteiger partial charge >= 0.3 is 0 Å². The van der Waals surface area contributed by atoms with Crippen molar-refractivity contribution in [1.29, 1.82) is 0 Å². The number of benzene rings is 2. The van der Waals surface area contributed by atoms with Gasteiger partial charge in [0.25, 0.3) is 5.95 Å². The van der Waals surface area contributed by atoms with Crippen LogP contribution in [0.4, 0.5) is 11.6 Å². The average molecular weight is 559 g/mol. The van der Waals surface area contributed by atoms with Gasteiger partial charge in [0.15, 0.2) is 0 Å². The van der Waals surface area contributed by atoms with Crippen LogP contribution in [-0.2, 0) is 20.8 Å². The van der Waals surface area contributed by atoms with Crippen LogP contribution in [0.3, 0.4) is 0 Å². The number of aromatic nitrogens is 2. The van der Waals surface area contributed by atoms with E-state index in [2.05, 4.69) is 25.6 Å². The molecule has 1 aliphatic carbocycles. The molecule has 0 radical (unpaired) electrons. The van der Waals surface area contributed by atoms with Crippen molar-refractivity contribution in [3.63, 3.8) is 0 Å². The lowest BCUT2D eigenvalue weighted by molar-refractivity contribution is -0.147. The minimum absolute atomic E-state index is 0.0480. The SMILES string of the molecule is Cc1cc(C)nc(N=C(NC(=O)[C@@H](Cc2ccccc2)N2C(=O)[C@H]3CCCC[C@@H]3C2=O)Nc2cccc(Cl)c2)n1. The van der Waals surface area contributed by atoms with E-state index in [0.717, 1.165) is 29.8 Å². The molecular formula is C30H31ClN6O3. The zero-order valence-electron chi connectivity index (χ0n) is 22.4. The maximum absolute atomic E-state index is 14.0. The molecule has 10 heteroatoms. The number of nitrogens with one attached hydrogen (secondary N) is 2. The Labute approximate surface area is 238 Å². The van der Waals surface area contributed by atoms with Gasteiger partial charge in [0, 0.05) is 28.5 Å². The second-order valence-electron chi connectivity index (χ2n) is 10.3.